The second kappa shape index (κ2) is 7.67. The smallest absolute Gasteiger partial charge is 0.164 e. The number of ether oxygens (including phenoxy) is 6. The van der Waals surface area contributed by atoms with Gasteiger partial charge in [0.1, 0.15) is 31.2 Å². The minimum absolute atomic E-state index is 0.0587. The fourth-order valence-electron chi connectivity index (χ4n) is 3.04. The van der Waals surface area contributed by atoms with Crippen molar-refractivity contribution in [3.63, 3.8) is 0 Å². The van der Waals surface area contributed by atoms with E-state index in [1.165, 1.54) is 7.11 Å². The van der Waals surface area contributed by atoms with Crippen molar-refractivity contribution < 1.29 is 33.5 Å². The van der Waals surface area contributed by atoms with E-state index in [1.54, 1.807) is 13.8 Å². The number of hydrogen-bond acceptors (Lipinski definition) is 7. The third-order valence-electron chi connectivity index (χ3n) is 3.97. The summed E-state index contributed by atoms with van der Waals surface area (Å²) in [6, 6.07) is 0. The number of hydrogen-bond donors (Lipinski definition) is 1. The van der Waals surface area contributed by atoms with Crippen molar-refractivity contribution in [2.75, 3.05) is 20.5 Å². The van der Waals surface area contributed by atoms with Crippen molar-refractivity contribution in [1.29, 1.82) is 0 Å². The van der Waals surface area contributed by atoms with E-state index in [-0.39, 0.29) is 19.3 Å². The van der Waals surface area contributed by atoms with Crippen LogP contribution >= 0.6 is 0 Å². The summed E-state index contributed by atoms with van der Waals surface area (Å²) in [5.41, 5.74) is 0. The van der Waals surface area contributed by atoms with Crippen LogP contribution in [0, 0.1) is 12.3 Å². The maximum Gasteiger partial charge on any atom is 0.164 e. The summed E-state index contributed by atoms with van der Waals surface area (Å²) in [5, 5.41) is 10.4. The molecule has 2 saturated heterocycles. The van der Waals surface area contributed by atoms with Crippen molar-refractivity contribution in [2.24, 2.45) is 0 Å². The van der Waals surface area contributed by atoms with Crippen LogP contribution in [-0.2, 0) is 28.4 Å². The Morgan fingerprint density at radius 1 is 1.17 bits per heavy atom. The third kappa shape index (κ3) is 4.67. The van der Waals surface area contributed by atoms with E-state index >= 15 is 0 Å². The van der Waals surface area contributed by atoms with Gasteiger partial charge in [-0.3, -0.25) is 0 Å². The lowest BCUT2D eigenvalue weighted by Crippen LogP contribution is -2.50. The van der Waals surface area contributed by atoms with Crippen molar-refractivity contribution in [3.8, 4) is 12.3 Å². The van der Waals surface area contributed by atoms with E-state index in [1.807, 2.05) is 13.8 Å². The van der Waals surface area contributed by atoms with Gasteiger partial charge in [-0.2, -0.15) is 0 Å². The zero-order valence-electron chi connectivity index (χ0n) is 15.0. The Hall–Kier alpha value is -0.720. The highest BCUT2D eigenvalue weighted by molar-refractivity contribution is 4.99. The molecule has 2 rings (SSSR count). The molecule has 0 aromatic carbocycles. The first-order chi connectivity index (χ1) is 11.2. The highest BCUT2D eigenvalue weighted by Crippen LogP contribution is 2.37. The number of terminal acetylenes is 1. The molecule has 0 bridgehead atoms. The zero-order valence-corrected chi connectivity index (χ0v) is 15.0. The van der Waals surface area contributed by atoms with E-state index in [2.05, 4.69) is 5.92 Å². The van der Waals surface area contributed by atoms with Crippen LogP contribution in [0.4, 0.5) is 0 Å². The lowest BCUT2D eigenvalue weighted by atomic mass is 9.98. The van der Waals surface area contributed by atoms with Crippen molar-refractivity contribution in [3.05, 3.63) is 0 Å². The van der Waals surface area contributed by atoms with Gasteiger partial charge in [-0.15, -0.1) is 12.3 Å². The van der Waals surface area contributed by atoms with Crippen LogP contribution < -0.4 is 0 Å². The van der Waals surface area contributed by atoms with Gasteiger partial charge in [0.05, 0.1) is 12.7 Å². The minimum Gasteiger partial charge on any atom is -0.389 e. The van der Waals surface area contributed by atoms with Crippen LogP contribution in [0.15, 0.2) is 0 Å². The molecule has 0 aliphatic carbocycles. The van der Waals surface area contributed by atoms with Crippen molar-refractivity contribution in [2.45, 2.75) is 76.2 Å². The molecule has 0 amide bonds. The van der Waals surface area contributed by atoms with Crippen LogP contribution in [0.1, 0.15) is 34.1 Å². The molecule has 7 heteroatoms. The average molecular weight is 344 g/mol. The summed E-state index contributed by atoms with van der Waals surface area (Å²) in [5.74, 6) is 0.876. The Labute approximate surface area is 143 Å². The van der Waals surface area contributed by atoms with Gasteiger partial charge in [-0.25, -0.2) is 0 Å². The Morgan fingerprint density at radius 3 is 2.38 bits per heavy atom. The predicted molar refractivity (Wildman–Crippen MR) is 84.9 cm³/mol. The summed E-state index contributed by atoms with van der Waals surface area (Å²) >= 11 is 0. The highest BCUT2D eigenvalue weighted by atomic mass is 16.8. The van der Waals surface area contributed by atoms with E-state index in [4.69, 9.17) is 34.8 Å². The van der Waals surface area contributed by atoms with Crippen molar-refractivity contribution >= 4 is 0 Å². The SMILES string of the molecule is C#CC[C@@H](O)[C@H]1OC(C)(C)O[C@H]1[C@H](OCOC)[C@H]1COC(C)(C)O1. The van der Waals surface area contributed by atoms with Gasteiger partial charge in [-0.1, -0.05) is 0 Å². The van der Waals surface area contributed by atoms with E-state index in [0.29, 0.717) is 6.61 Å². The van der Waals surface area contributed by atoms with Gasteiger partial charge in [-0.05, 0) is 27.7 Å². The average Bonchev–Trinajstić information content (AvgIpc) is 2.99. The van der Waals surface area contributed by atoms with Gasteiger partial charge in [0.2, 0.25) is 0 Å². The van der Waals surface area contributed by atoms with Gasteiger partial charge >= 0.3 is 0 Å². The normalized spacial score (nSPS) is 34.0. The van der Waals surface area contributed by atoms with Crippen LogP contribution in [0.3, 0.4) is 0 Å². The molecule has 1 N–H and O–H groups in total. The first-order valence-corrected chi connectivity index (χ1v) is 8.08. The molecule has 5 atom stereocenters. The Kier molecular flexibility index (Phi) is 6.26. The number of aliphatic hydroxyl groups excluding tert-OH is 1. The van der Waals surface area contributed by atoms with Crippen LogP contribution in [0.5, 0.6) is 0 Å². The molecule has 2 fully saturated rings. The molecule has 0 aromatic rings. The lowest BCUT2D eigenvalue weighted by molar-refractivity contribution is -0.204. The molecule has 2 aliphatic rings. The van der Waals surface area contributed by atoms with Gasteiger partial charge in [0.25, 0.3) is 0 Å². The van der Waals surface area contributed by atoms with Crippen LogP contribution in [-0.4, -0.2) is 67.7 Å². The second-order valence-electron chi connectivity index (χ2n) is 6.95. The summed E-state index contributed by atoms with van der Waals surface area (Å²) in [6.07, 6.45) is 2.49. The molecule has 0 aromatic heterocycles. The third-order valence-corrected chi connectivity index (χ3v) is 3.97. The quantitative estimate of drug-likeness (QED) is 0.546. The molecule has 0 radical (unpaired) electrons. The van der Waals surface area contributed by atoms with Gasteiger partial charge in [0, 0.05) is 13.5 Å². The Morgan fingerprint density at radius 2 is 1.83 bits per heavy atom. The largest absolute Gasteiger partial charge is 0.389 e. The summed E-state index contributed by atoms with van der Waals surface area (Å²) in [6.45, 7) is 7.64. The zero-order chi connectivity index (χ0) is 18.0. The molecule has 2 aliphatic heterocycles. The maximum absolute atomic E-state index is 10.4. The molecule has 0 saturated carbocycles. The molecule has 2 heterocycles. The summed E-state index contributed by atoms with van der Waals surface area (Å²) in [4.78, 5) is 0. The molecule has 138 valence electrons. The summed E-state index contributed by atoms with van der Waals surface area (Å²) < 4.78 is 34.3. The van der Waals surface area contributed by atoms with E-state index in [9.17, 15) is 5.11 Å². The maximum atomic E-state index is 10.4. The fraction of sp³-hybridized carbons (Fsp3) is 0.882. The fourth-order valence-corrected chi connectivity index (χ4v) is 3.04. The van der Waals surface area contributed by atoms with E-state index in [0.717, 1.165) is 0 Å². The first kappa shape index (κ1) is 19.6. The standard InChI is InChI=1S/C17H28O7/c1-7-8-11(18)13-15(24-17(4,5)23-13)14(20-10-19-6)12-9-21-16(2,3)22-12/h1,11-15,18H,8-10H2,2-6H3/t11-,12-,13-,14-,15-/m1/s1. The minimum atomic E-state index is -0.870. The number of methoxy groups -OCH3 is 1. The topological polar surface area (TPSA) is 75.6 Å². The molecule has 0 spiro atoms. The van der Waals surface area contributed by atoms with Gasteiger partial charge in [0.15, 0.2) is 11.6 Å². The highest BCUT2D eigenvalue weighted by Gasteiger charge is 2.52. The first-order valence-electron chi connectivity index (χ1n) is 8.08. The number of aliphatic hydroxyl groups is 1. The summed E-state index contributed by atoms with van der Waals surface area (Å²) in [7, 11) is 1.54. The molecule has 24 heavy (non-hydrogen) atoms. The predicted octanol–water partition coefficient (Wildman–Crippen LogP) is 1.03. The Balaban J connectivity index is 2.20. The molecular weight excluding hydrogens is 316 g/mol. The van der Waals surface area contributed by atoms with Gasteiger partial charge < -0.3 is 33.5 Å². The lowest BCUT2D eigenvalue weighted by Gasteiger charge is -2.31. The second-order valence-corrected chi connectivity index (χ2v) is 6.95. The number of rotatable bonds is 7. The molecule has 0 unspecified atom stereocenters. The van der Waals surface area contributed by atoms with Crippen LogP contribution in [0.25, 0.3) is 0 Å². The Bertz CT molecular complexity index is 456. The van der Waals surface area contributed by atoms with Crippen molar-refractivity contribution in [1.82, 2.24) is 0 Å². The van der Waals surface area contributed by atoms with Crippen LogP contribution in [0.2, 0.25) is 0 Å². The monoisotopic (exact) mass is 344 g/mol. The van der Waals surface area contributed by atoms with E-state index < -0.39 is 36.0 Å². The molecular formula is C17H28O7. The molecule has 7 nitrogen and oxygen atoms in total.